The molecule has 0 atom stereocenters. The summed E-state index contributed by atoms with van der Waals surface area (Å²) < 4.78 is 5.14. The van der Waals surface area contributed by atoms with Gasteiger partial charge in [-0.1, -0.05) is 30.8 Å². The molecule has 27 heavy (non-hydrogen) atoms. The molecular weight excluding hydrogens is 384 g/mol. The summed E-state index contributed by atoms with van der Waals surface area (Å²) in [7, 11) is 1.64. The molecule has 0 saturated heterocycles. The summed E-state index contributed by atoms with van der Waals surface area (Å²) >= 11 is 1.60. The lowest BCUT2D eigenvalue weighted by atomic mass is 10.1. The van der Waals surface area contributed by atoms with Crippen LogP contribution in [0.25, 0.3) is 0 Å². The normalized spacial score (nSPS) is 14.6. The third-order valence-corrected chi connectivity index (χ3v) is 4.63. The smallest absolute Gasteiger partial charge is 0.224 e. The quantitative estimate of drug-likeness (QED) is 0.783. The number of halogens is 1. The van der Waals surface area contributed by atoms with Crippen molar-refractivity contribution in [2.24, 2.45) is 10.1 Å². The Hall–Kier alpha value is -2.51. The number of carbonyl (C=O) groups excluding carboxylic acids is 1. The second kappa shape index (κ2) is 9.99. The van der Waals surface area contributed by atoms with Crippen LogP contribution in [0.2, 0.25) is 0 Å². The van der Waals surface area contributed by atoms with E-state index < -0.39 is 0 Å². The van der Waals surface area contributed by atoms with Gasteiger partial charge in [-0.25, -0.2) is 4.99 Å². The van der Waals surface area contributed by atoms with Crippen LogP contribution in [0.4, 0.5) is 11.4 Å². The van der Waals surface area contributed by atoms with Crippen LogP contribution < -0.4 is 15.5 Å². The average molecular weight is 405 g/mol. The van der Waals surface area contributed by atoms with Gasteiger partial charge in [0.05, 0.1) is 18.5 Å². The van der Waals surface area contributed by atoms with Crippen LogP contribution in [-0.2, 0) is 4.79 Å². The fourth-order valence-corrected chi connectivity index (χ4v) is 3.08. The molecular formula is C19H21ClN4O2S. The Labute approximate surface area is 168 Å². The maximum absolute atomic E-state index is 11.4. The van der Waals surface area contributed by atoms with Crippen LogP contribution in [-0.4, -0.2) is 29.6 Å². The van der Waals surface area contributed by atoms with Crippen molar-refractivity contribution in [2.75, 3.05) is 18.2 Å². The first-order valence-corrected chi connectivity index (χ1v) is 9.25. The molecule has 2 aromatic carbocycles. The molecule has 0 aliphatic carbocycles. The maximum atomic E-state index is 11.4. The molecule has 2 N–H and O–H groups in total. The fraction of sp³-hybridized carbons (Fsp3) is 0.211. The van der Waals surface area contributed by atoms with Gasteiger partial charge < -0.3 is 10.1 Å². The van der Waals surface area contributed by atoms with E-state index in [9.17, 15) is 4.79 Å². The van der Waals surface area contributed by atoms with Gasteiger partial charge in [0.2, 0.25) is 5.91 Å². The molecule has 0 saturated carbocycles. The number of ether oxygens (including phenoxy) is 1. The lowest BCUT2D eigenvalue weighted by molar-refractivity contribution is -0.115. The van der Waals surface area contributed by atoms with E-state index in [0.717, 1.165) is 39.3 Å². The first-order valence-electron chi connectivity index (χ1n) is 8.26. The topological polar surface area (TPSA) is 75.1 Å². The van der Waals surface area contributed by atoms with Gasteiger partial charge in [-0.2, -0.15) is 5.10 Å². The van der Waals surface area contributed by atoms with E-state index in [0.29, 0.717) is 6.42 Å². The van der Waals surface area contributed by atoms with E-state index in [1.807, 2.05) is 55.5 Å². The highest BCUT2D eigenvalue weighted by Crippen LogP contribution is 2.21. The summed E-state index contributed by atoms with van der Waals surface area (Å²) in [6.07, 6.45) is 0.464. The third kappa shape index (κ3) is 5.74. The molecule has 6 nitrogen and oxygen atoms in total. The maximum Gasteiger partial charge on any atom is 0.224 e. The number of anilines is 1. The number of benzene rings is 2. The summed E-state index contributed by atoms with van der Waals surface area (Å²) in [6.45, 7) is 1.83. The highest BCUT2D eigenvalue weighted by Gasteiger charge is 2.13. The molecule has 1 heterocycles. The minimum Gasteiger partial charge on any atom is -0.497 e. The first-order chi connectivity index (χ1) is 12.7. The second-order valence-electron chi connectivity index (χ2n) is 5.55. The van der Waals surface area contributed by atoms with Gasteiger partial charge in [0.25, 0.3) is 0 Å². The first kappa shape index (κ1) is 20.8. The van der Waals surface area contributed by atoms with Gasteiger partial charge in [-0.3, -0.25) is 10.2 Å². The number of aliphatic imine (C=N–C) groups is 1. The van der Waals surface area contributed by atoms with Crippen LogP contribution in [0.5, 0.6) is 5.75 Å². The van der Waals surface area contributed by atoms with Crippen LogP contribution in [0.15, 0.2) is 58.6 Å². The van der Waals surface area contributed by atoms with Crippen LogP contribution in [0, 0.1) is 0 Å². The van der Waals surface area contributed by atoms with Gasteiger partial charge in [0.15, 0.2) is 5.17 Å². The minimum absolute atomic E-state index is 0. The van der Waals surface area contributed by atoms with E-state index in [-0.39, 0.29) is 18.3 Å². The van der Waals surface area contributed by atoms with E-state index >= 15 is 0 Å². The monoisotopic (exact) mass is 404 g/mol. The van der Waals surface area contributed by atoms with E-state index in [4.69, 9.17) is 4.74 Å². The predicted molar refractivity (Wildman–Crippen MR) is 115 cm³/mol. The van der Waals surface area contributed by atoms with E-state index in [1.165, 1.54) is 0 Å². The second-order valence-corrected chi connectivity index (χ2v) is 6.52. The molecule has 0 unspecified atom stereocenters. The highest BCUT2D eigenvalue weighted by atomic mass is 35.5. The summed E-state index contributed by atoms with van der Waals surface area (Å²) in [6, 6.07) is 15.2. The third-order valence-electron chi connectivity index (χ3n) is 3.76. The molecule has 1 amide bonds. The number of hydrogen-bond donors (Lipinski definition) is 2. The molecule has 142 valence electrons. The molecule has 2 aromatic rings. The predicted octanol–water partition coefficient (Wildman–Crippen LogP) is 4.19. The highest BCUT2D eigenvalue weighted by molar-refractivity contribution is 8.14. The van der Waals surface area contributed by atoms with Crippen LogP contribution in [0.3, 0.4) is 0 Å². The number of hydrogen-bond acceptors (Lipinski definition) is 5. The lowest BCUT2D eigenvalue weighted by Crippen LogP contribution is -2.25. The molecule has 1 aliphatic heterocycles. The summed E-state index contributed by atoms with van der Waals surface area (Å²) in [4.78, 5) is 16.0. The zero-order chi connectivity index (χ0) is 18.4. The van der Waals surface area contributed by atoms with Crippen molar-refractivity contribution in [1.82, 2.24) is 5.43 Å². The Morgan fingerprint density at radius 1 is 1.22 bits per heavy atom. The van der Waals surface area contributed by atoms with Gasteiger partial charge in [0.1, 0.15) is 5.75 Å². The molecule has 3 rings (SSSR count). The van der Waals surface area contributed by atoms with Gasteiger partial charge in [-0.05, 0) is 42.0 Å². The number of nitrogens with zero attached hydrogens (tertiary/aromatic N) is 2. The van der Waals surface area contributed by atoms with Crippen molar-refractivity contribution >= 4 is 52.3 Å². The molecule has 1 aliphatic rings. The Morgan fingerprint density at radius 3 is 2.48 bits per heavy atom. The number of hydrazone groups is 1. The molecule has 0 spiro atoms. The number of rotatable bonds is 5. The molecule has 0 bridgehead atoms. The Bertz CT molecular complexity index is 836. The average Bonchev–Trinajstić information content (AvgIpc) is 2.70. The molecule has 0 radical (unpaired) electrons. The fourth-order valence-electron chi connectivity index (χ4n) is 2.29. The number of carbonyl (C=O) groups is 1. The van der Waals surface area contributed by atoms with Crippen LogP contribution >= 0.6 is 24.2 Å². The number of amides is 1. The van der Waals surface area contributed by atoms with Gasteiger partial charge in [0, 0.05) is 17.9 Å². The van der Waals surface area contributed by atoms with Crippen molar-refractivity contribution < 1.29 is 9.53 Å². The minimum atomic E-state index is 0. The number of thioether (sulfide) groups is 1. The molecule has 0 fully saturated rings. The zero-order valence-corrected chi connectivity index (χ0v) is 16.7. The van der Waals surface area contributed by atoms with E-state index in [2.05, 4.69) is 20.8 Å². The van der Waals surface area contributed by atoms with E-state index in [1.54, 1.807) is 18.9 Å². The van der Waals surface area contributed by atoms with Crippen molar-refractivity contribution in [3.05, 3.63) is 54.1 Å². The lowest BCUT2D eigenvalue weighted by Gasteiger charge is -2.15. The van der Waals surface area contributed by atoms with Gasteiger partial charge >= 0.3 is 0 Å². The SMILES string of the molecule is CCC(=O)Nc1ccc(C2=NNC(=Nc3ccc(OC)cc3)SC2)cc1.Cl. The molecule has 0 aromatic heterocycles. The number of methoxy groups -OCH3 is 1. The van der Waals surface area contributed by atoms with Crippen LogP contribution in [0.1, 0.15) is 18.9 Å². The number of amidine groups is 1. The summed E-state index contributed by atoms with van der Waals surface area (Å²) in [5, 5.41) is 8.01. The van der Waals surface area contributed by atoms with Crippen molar-refractivity contribution in [1.29, 1.82) is 0 Å². The summed E-state index contributed by atoms with van der Waals surface area (Å²) in [5.74, 6) is 1.53. The number of nitrogens with one attached hydrogen (secondary N) is 2. The van der Waals surface area contributed by atoms with Crippen molar-refractivity contribution in [3.63, 3.8) is 0 Å². The zero-order valence-electron chi connectivity index (χ0n) is 15.1. The van der Waals surface area contributed by atoms with Gasteiger partial charge in [-0.15, -0.1) is 12.4 Å². The standard InChI is InChI=1S/C19H20N4O2S.ClH/c1-3-18(24)20-14-6-4-13(5-7-14)17-12-26-19(23-22-17)21-15-8-10-16(25-2)11-9-15;/h4-11H,3,12H2,1-2H3,(H,20,24)(H,21,23);1H. The Balaban J connectivity index is 0.00000261. The van der Waals surface area contributed by atoms with Crippen molar-refractivity contribution in [3.8, 4) is 5.75 Å². The van der Waals surface area contributed by atoms with Crippen molar-refractivity contribution in [2.45, 2.75) is 13.3 Å². The summed E-state index contributed by atoms with van der Waals surface area (Å²) in [5.41, 5.74) is 6.59. The Morgan fingerprint density at radius 2 is 1.93 bits per heavy atom. The largest absolute Gasteiger partial charge is 0.497 e. The Kier molecular flexibility index (Phi) is 7.69. The molecule has 8 heteroatoms.